The van der Waals surface area contributed by atoms with Crippen molar-refractivity contribution in [3.05, 3.63) is 89.4 Å². The van der Waals surface area contributed by atoms with Crippen LogP contribution in [-0.2, 0) is 17.5 Å². The van der Waals surface area contributed by atoms with Crippen LogP contribution >= 0.6 is 0 Å². The molecule has 0 bridgehead atoms. The number of carboxylic acid groups (broad SMARTS) is 1. The summed E-state index contributed by atoms with van der Waals surface area (Å²) in [6, 6.07) is 15.0. The van der Waals surface area contributed by atoms with Crippen molar-refractivity contribution in [2.45, 2.75) is 32.6 Å². The lowest BCUT2D eigenvalue weighted by Crippen LogP contribution is -2.44. The summed E-state index contributed by atoms with van der Waals surface area (Å²) in [6.07, 6.45) is -3.69. The predicted octanol–water partition coefficient (Wildman–Crippen LogP) is 5.74. The molecule has 12 heteroatoms. The van der Waals surface area contributed by atoms with Crippen molar-refractivity contribution < 1.29 is 37.1 Å². The van der Waals surface area contributed by atoms with Crippen molar-refractivity contribution in [3.8, 4) is 22.7 Å². The SMILES string of the molecule is CC(C)[C@@H](C(=O)O)N1Cc2ccc(-c3ccc(NC(=O)c4nc(-c5ccccc5)oc4C(F)(F)F)cn3)cc2C1=O. The number of amides is 2. The van der Waals surface area contributed by atoms with E-state index in [2.05, 4.69) is 15.3 Å². The number of pyridine rings is 1. The van der Waals surface area contributed by atoms with Crippen LogP contribution in [0, 0.1) is 5.92 Å². The molecule has 41 heavy (non-hydrogen) atoms. The molecule has 1 atom stereocenters. The lowest BCUT2D eigenvalue weighted by Gasteiger charge is -2.27. The van der Waals surface area contributed by atoms with E-state index in [1.54, 1.807) is 50.2 Å². The summed E-state index contributed by atoms with van der Waals surface area (Å²) >= 11 is 0. The lowest BCUT2D eigenvalue weighted by atomic mass is 10.0. The second-order valence-electron chi connectivity index (χ2n) is 9.78. The number of carbonyl (C=O) groups is 3. The first kappa shape index (κ1) is 27.6. The van der Waals surface area contributed by atoms with Crippen LogP contribution < -0.4 is 5.32 Å². The van der Waals surface area contributed by atoms with Gasteiger partial charge in [0.15, 0.2) is 5.69 Å². The van der Waals surface area contributed by atoms with Gasteiger partial charge in [0.1, 0.15) is 6.04 Å². The number of hydrogen-bond acceptors (Lipinski definition) is 6. The van der Waals surface area contributed by atoms with E-state index in [4.69, 9.17) is 4.42 Å². The number of anilines is 1. The number of halogens is 3. The number of nitrogens with zero attached hydrogens (tertiary/aromatic N) is 3. The maximum Gasteiger partial charge on any atom is 0.452 e. The molecule has 0 saturated heterocycles. The zero-order chi connectivity index (χ0) is 29.5. The largest absolute Gasteiger partial charge is 0.480 e. The molecule has 0 spiro atoms. The molecule has 0 saturated carbocycles. The molecule has 0 unspecified atom stereocenters. The Balaban J connectivity index is 1.35. The standard InChI is InChI=1S/C29H23F3N4O5/c1-15(2)23(28(39)40)36-14-18-9-8-17(12-20(18)27(36)38)21-11-10-19(13-33-21)34-25(37)22-24(29(30,31)32)41-26(35-22)16-6-4-3-5-7-16/h3-13,15,23H,14H2,1-2H3,(H,34,37)(H,39,40)/t23-/m0/s1. The summed E-state index contributed by atoms with van der Waals surface area (Å²) in [7, 11) is 0. The van der Waals surface area contributed by atoms with Crippen LogP contribution in [0.2, 0.25) is 0 Å². The van der Waals surface area contributed by atoms with Crippen LogP contribution in [0.4, 0.5) is 18.9 Å². The highest BCUT2D eigenvalue weighted by atomic mass is 19.4. The minimum absolute atomic E-state index is 0.112. The number of carbonyl (C=O) groups excluding carboxylic acids is 2. The van der Waals surface area contributed by atoms with Gasteiger partial charge in [-0.05, 0) is 41.8 Å². The van der Waals surface area contributed by atoms with E-state index in [0.29, 0.717) is 22.4 Å². The number of hydrogen-bond donors (Lipinski definition) is 2. The topological polar surface area (TPSA) is 126 Å². The number of oxazole rings is 1. The van der Waals surface area contributed by atoms with Crippen molar-refractivity contribution in [2.24, 2.45) is 5.92 Å². The van der Waals surface area contributed by atoms with Crippen LogP contribution in [0.1, 0.15) is 46.0 Å². The molecule has 5 rings (SSSR count). The highest BCUT2D eigenvalue weighted by Crippen LogP contribution is 2.36. The van der Waals surface area contributed by atoms with E-state index in [0.717, 1.165) is 0 Å². The first-order chi connectivity index (χ1) is 19.4. The molecule has 2 N–H and O–H groups in total. The number of aromatic nitrogens is 2. The van der Waals surface area contributed by atoms with Gasteiger partial charge in [-0.25, -0.2) is 9.78 Å². The van der Waals surface area contributed by atoms with Gasteiger partial charge in [-0.2, -0.15) is 13.2 Å². The lowest BCUT2D eigenvalue weighted by molar-refractivity contribution is -0.153. The first-order valence-electron chi connectivity index (χ1n) is 12.5. The van der Waals surface area contributed by atoms with Crippen molar-refractivity contribution in [1.29, 1.82) is 0 Å². The Morgan fingerprint density at radius 3 is 2.39 bits per heavy atom. The van der Waals surface area contributed by atoms with E-state index < -0.39 is 41.5 Å². The number of fused-ring (bicyclic) bond motifs is 1. The number of rotatable bonds is 7. The van der Waals surface area contributed by atoms with Gasteiger partial charge in [0.2, 0.25) is 11.7 Å². The summed E-state index contributed by atoms with van der Waals surface area (Å²) in [4.78, 5) is 47.0. The number of nitrogens with one attached hydrogen (secondary N) is 1. The molecule has 2 aromatic heterocycles. The summed E-state index contributed by atoms with van der Waals surface area (Å²) in [5.41, 5.74) is 1.53. The molecule has 4 aromatic rings. The zero-order valence-corrected chi connectivity index (χ0v) is 21.8. The molecular weight excluding hydrogens is 541 g/mol. The van der Waals surface area contributed by atoms with E-state index in [1.165, 1.54) is 35.4 Å². The quantitative estimate of drug-likeness (QED) is 0.293. The van der Waals surface area contributed by atoms with E-state index in [-0.39, 0.29) is 29.6 Å². The Bertz CT molecular complexity index is 1630. The molecular formula is C29H23F3N4O5. The molecule has 9 nitrogen and oxygen atoms in total. The summed E-state index contributed by atoms with van der Waals surface area (Å²) < 4.78 is 45.7. The summed E-state index contributed by atoms with van der Waals surface area (Å²) in [5.74, 6) is -4.75. The number of benzene rings is 2. The molecule has 3 heterocycles. The van der Waals surface area contributed by atoms with E-state index in [9.17, 15) is 32.7 Å². The Hall–Kier alpha value is -5.00. The van der Waals surface area contributed by atoms with Crippen LogP contribution in [0.5, 0.6) is 0 Å². The molecule has 0 aliphatic carbocycles. The van der Waals surface area contributed by atoms with Gasteiger partial charge in [0.25, 0.3) is 11.8 Å². The molecule has 2 aromatic carbocycles. The fraction of sp³-hybridized carbons (Fsp3) is 0.207. The fourth-order valence-electron chi connectivity index (χ4n) is 4.69. The molecule has 1 aliphatic heterocycles. The second-order valence-corrected chi connectivity index (χ2v) is 9.78. The van der Waals surface area contributed by atoms with Crippen molar-refractivity contribution in [3.63, 3.8) is 0 Å². The minimum Gasteiger partial charge on any atom is -0.480 e. The fourth-order valence-corrected chi connectivity index (χ4v) is 4.69. The summed E-state index contributed by atoms with van der Waals surface area (Å²) in [5, 5.41) is 12.0. The maximum atomic E-state index is 13.6. The van der Waals surface area contributed by atoms with Gasteiger partial charge >= 0.3 is 12.1 Å². The third-order valence-electron chi connectivity index (χ3n) is 6.60. The van der Waals surface area contributed by atoms with Crippen LogP contribution in [0.25, 0.3) is 22.7 Å². The average Bonchev–Trinajstić information content (AvgIpc) is 3.52. The third-order valence-corrected chi connectivity index (χ3v) is 6.60. The Morgan fingerprint density at radius 1 is 1.05 bits per heavy atom. The monoisotopic (exact) mass is 564 g/mol. The third kappa shape index (κ3) is 5.40. The second kappa shape index (κ2) is 10.5. The van der Waals surface area contributed by atoms with Gasteiger partial charge in [0.05, 0.1) is 17.6 Å². The maximum absolute atomic E-state index is 13.6. The average molecular weight is 565 g/mol. The van der Waals surface area contributed by atoms with Gasteiger partial charge in [-0.15, -0.1) is 0 Å². The smallest absolute Gasteiger partial charge is 0.452 e. The van der Waals surface area contributed by atoms with Crippen molar-refractivity contribution >= 4 is 23.5 Å². The van der Waals surface area contributed by atoms with E-state index in [1.807, 2.05) is 0 Å². The van der Waals surface area contributed by atoms with Crippen molar-refractivity contribution in [1.82, 2.24) is 14.9 Å². The normalized spacial score (nSPS) is 13.8. The Morgan fingerprint density at radius 2 is 1.78 bits per heavy atom. The summed E-state index contributed by atoms with van der Waals surface area (Å²) in [6.45, 7) is 3.65. The first-order valence-corrected chi connectivity index (χ1v) is 12.5. The van der Waals surface area contributed by atoms with Gasteiger partial charge < -0.3 is 19.7 Å². The number of alkyl halides is 3. The zero-order valence-electron chi connectivity index (χ0n) is 21.8. The predicted molar refractivity (Wildman–Crippen MR) is 141 cm³/mol. The van der Waals surface area contributed by atoms with E-state index >= 15 is 0 Å². The molecule has 0 fully saturated rings. The van der Waals surface area contributed by atoms with Gasteiger partial charge in [-0.3, -0.25) is 14.6 Å². The molecule has 210 valence electrons. The number of carboxylic acids is 1. The van der Waals surface area contributed by atoms with Crippen LogP contribution in [0.3, 0.4) is 0 Å². The Labute approximate surface area is 231 Å². The number of aliphatic carboxylic acids is 1. The van der Waals surface area contributed by atoms with Gasteiger partial charge in [-0.1, -0.05) is 44.2 Å². The molecule has 0 radical (unpaired) electrons. The molecule has 2 amide bonds. The van der Waals surface area contributed by atoms with Crippen molar-refractivity contribution in [2.75, 3.05) is 5.32 Å². The van der Waals surface area contributed by atoms with Crippen LogP contribution in [0.15, 0.2) is 71.3 Å². The minimum atomic E-state index is -4.95. The van der Waals surface area contributed by atoms with Gasteiger partial charge in [0, 0.05) is 23.2 Å². The highest BCUT2D eigenvalue weighted by Gasteiger charge is 2.42. The Kier molecular flexibility index (Phi) is 7.08. The highest BCUT2D eigenvalue weighted by molar-refractivity contribution is 6.04. The van der Waals surface area contributed by atoms with Crippen LogP contribution in [-0.4, -0.2) is 43.8 Å². The molecule has 1 aliphatic rings.